The summed E-state index contributed by atoms with van der Waals surface area (Å²) in [5.74, 6) is 0.122. The van der Waals surface area contributed by atoms with Gasteiger partial charge in [-0.2, -0.15) is 0 Å². The molecular formula is C19H18N2O4. The smallest absolute Gasteiger partial charge is 0.337 e. The fraction of sp³-hybridized carbons (Fsp3) is 0.211. The van der Waals surface area contributed by atoms with Gasteiger partial charge in [0.1, 0.15) is 18.0 Å². The monoisotopic (exact) mass is 338 g/mol. The van der Waals surface area contributed by atoms with Crippen molar-refractivity contribution >= 4 is 11.6 Å². The highest BCUT2D eigenvalue weighted by molar-refractivity contribution is 5.89. The number of carbonyl (C=O) groups is 1. The zero-order valence-electron chi connectivity index (χ0n) is 14.3. The molecule has 6 nitrogen and oxygen atoms in total. The maximum Gasteiger partial charge on any atom is 0.337 e. The molecule has 2 heterocycles. The average Bonchev–Trinajstić information content (AvgIpc) is 2.60. The minimum Gasteiger partial charge on any atom is -0.487 e. The summed E-state index contributed by atoms with van der Waals surface area (Å²) in [6.07, 6.45) is 1.70. The molecule has 3 rings (SSSR count). The van der Waals surface area contributed by atoms with Crippen LogP contribution in [0.2, 0.25) is 0 Å². The van der Waals surface area contributed by atoms with Crippen LogP contribution in [0.15, 0.2) is 47.4 Å². The molecule has 0 unspecified atom stereocenters. The van der Waals surface area contributed by atoms with Gasteiger partial charge >= 0.3 is 5.97 Å². The Hall–Kier alpha value is -3.15. The summed E-state index contributed by atoms with van der Waals surface area (Å²) in [7, 11) is 1.33. The summed E-state index contributed by atoms with van der Waals surface area (Å²) in [6, 6.07) is 10.2. The van der Waals surface area contributed by atoms with E-state index in [0.717, 1.165) is 11.1 Å². The second-order valence-corrected chi connectivity index (χ2v) is 5.78. The zero-order chi connectivity index (χ0) is 18.0. The van der Waals surface area contributed by atoms with E-state index in [1.54, 1.807) is 24.4 Å². The third-order valence-electron chi connectivity index (χ3n) is 3.86. The maximum atomic E-state index is 12.2. The number of carbonyl (C=O) groups excluding carboxylic acids is 1. The van der Waals surface area contributed by atoms with E-state index in [2.05, 4.69) is 4.98 Å². The summed E-state index contributed by atoms with van der Waals surface area (Å²) in [4.78, 5) is 28.3. The lowest BCUT2D eigenvalue weighted by molar-refractivity contribution is 0.0600. The number of nitrogens with zero attached hydrogens (tertiary/aromatic N) is 2. The molecule has 2 aromatic heterocycles. The van der Waals surface area contributed by atoms with Crippen molar-refractivity contribution in [3.63, 3.8) is 0 Å². The van der Waals surface area contributed by atoms with Crippen molar-refractivity contribution < 1.29 is 14.3 Å². The summed E-state index contributed by atoms with van der Waals surface area (Å²) in [5.41, 5.74) is 3.24. The average molecular weight is 338 g/mol. The van der Waals surface area contributed by atoms with Crippen LogP contribution in [0.4, 0.5) is 0 Å². The Morgan fingerprint density at radius 1 is 1.16 bits per heavy atom. The summed E-state index contributed by atoms with van der Waals surface area (Å²) < 4.78 is 12.0. The van der Waals surface area contributed by atoms with Gasteiger partial charge in [0, 0.05) is 12.3 Å². The number of methoxy groups -OCH3 is 1. The van der Waals surface area contributed by atoms with E-state index in [9.17, 15) is 9.59 Å². The normalized spacial score (nSPS) is 10.7. The number of aromatic nitrogens is 2. The molecule has 6 heteroatoms. The Bertz CT molecular complexity index is 1010. The van der Waals surface area contributed by atoms with E-state index in [0.29, 0.717) is 22.7 Å². The van der Waals surface area contributed by atoms with Crippen LogP contribution in [-0.4, -0.2) is 22.5 Å². The lowest BCUT2D eigenvalue weighted by Crippen LogP contribution is -2.16. The van der Waals surface area contributed by atoms with Crippen LogP contribution in [0, 0.1) is 13.8 Å². The van der Waals surface area contributed by atoms with Crippen LogP contribution >= 0.6 is 0 Å². The van der Waals surface area contributed by atoms with E-state index < -0.39 is 5.97 Å². The van der Waals surface area contributed by atoms with Gasteiger partial charge in [-0.15, -0.1) is 0 Å². The minimum absolute atomic E-state index is 0.130. The lowest BCUT2D eigenvalue weighted by atomic mass is 10.1. The van der Waals surface area contributed by atoms with Crippen LogP contribution in [0.5, 0.6) is 5.75 Å². The molecule has 0 saturated heterocycles. The third-order valence-corrected chi connectivity index (χ3v) is 3.86. The van der Waals surface area contributed by atoms with Crippen LogP contribution in [0.3, 0.4) is 0 Å². The molecule has 0 N–H and O–H groups in total. The second-order valence-electron chi connectivity index (χ2n) is 5.78. The van der Waals surface area contributed by atoms with Gasteiger partial charge in [0.05, 0.1) is 18.4 Å². The molecule has 0 aliphatic heterocycles. The van der Waals surface area contributed by atoms with Crippen molar-refractivity contribution in [3.05, 3.63) is 75.3 Å². The first-order valence-electron chi connectivity index (χ1n) is 7.78. The van der Waals surface area contributed by atoms with Crippen LogP contribution in [0.25, 0.3) is 5.65 Å². The van der Waals surface area contributed by atoms with Crippen molar-refractivity contribution in [2.45, 2.75) is 20.5 Å². The molecular weight excluding hydrogens is 320 g/mol. The molecule has 0 radical (unpaired) electrons. The molecule has 0 aliphatic rings. The molecule has 0 atom stereocenters. The minimum atomic E-state index is -0.428. The third kappa shape index (κ3) is 3.52. The van der Waals surface area contributed by atoms with Crippen LogP contribution < -0.4 is 10.3 Å². The number of hydrogen-bond acceptors (Lipinski definition) is 5. The van der Waals surface area contributed by atoms with Gasteiger partial charge in [0.25, 0.3) is 5.56 Å². The molecule has 0 aliphatic carbocycles. The molecule has 0 bridgehead atoms. The molecule has 0 amide bonds. The second kappa shape index (κ2) is 6.76. The van der Waals surface area contributed by atoms with Crippen LogP contribution in [-0.2, 0) is 11.3 Å². The van der Waals surface area contributed by atoms with Crippen molar-refractivity contribution in [3.8, 4) is 5.75 Å². The zero-order valence-corrected chi connectivity index (χ0v) is 14.3. The number of hydrogen-bond donors (Lipinski definition) is 0. The van der Waals surface area contributed by atoms with Crippen molar-refractivity contribution in [1.82, 2.24) is 9.38 Å². The summed E-state index contributed by atoms with van der Waals surface area (Å²) in [6.45, 7) is 3.95. The Kier molecular flexibility index (Phi) is 4.52. The number of benzene rings is 1. The predicted molar refractivity (Wildman–Crippen MR) is 93.0 cm³/mol. The van der Waals surface area contributed by atoms with Gasteiger partial charge in [-0.05, 0) is 49.2 Å². The van der Waals surface area contributed by atoms with E-state index in [1.807, 2.05) is 26.0 Å². The van der Waals surface area contributed by atoms with Crippen molar-refractivity contribution in [2.75, 3.05) is 7.11 Å². The molecule has 3 aromatic rings. The van der Waals surface area contributed by atoms with Gasteiger partial charge in [-0.3, -0.25) is 9.20 Å². The number of fused-ring (bicyclic) bond motifs is 1. The van der Waals surface area contributed by atoms with E-state index in [4.69, 9.17) is 9.47 Å². The topological polar surface area (TPSA) is 69.9 Å². The van der Waals surface area contributed by atoms with Gasteiger partial charge < -0.3 is 9.47 Å². The van der Waals surface area contributed by atoms with Gasteiger partial charge in [-0.1, -0.05) is 6.07 Å². The Labute approximate surface area is 144 Å². The van der Waals surface area contributed by atoms with Gasteiger partial charge in [0.2, 0.25) is 0 Å². The van der Waals surface area contributed by atoms with Crippen LogP contribution in [0.1, 0.15) is 27.2 Å². The first-order chi connectivity index (χ1) is 12.0. The van der Waals surface area contributed by atoms with Crippen molar-refractivity contribution in [2.24, 2.45) is 0 Å². The van der Waals surface area contributed by atoms with Crippen molar-refractivity contribution in [1.29, 1.82) is 0 Å². The first kappa shape index (κ1) is 16.7. The van der Waals surface area contributed by atoms with E-state index in [-0.39, 0.29) is 12.2 Å². The lowest BCUT2D eigenvalue weighted by Gasteiger charge is -2.11. The quantitative estimate of drug-likeness (QED) is 0.684. The Balaban J connectivity index is 1.88. The predicted octanol–water partition coefficient (Wildman–Crippen LogP) is 2.68. The molecule has 0 fully saturated rings. The standard InChI is InChI=1S/C19H18N2O4/c1-12-6-7-21-17(8-12)20-15(10-18(21)22)11-25-16-9-14(19(23)24-3)5-4-13(16)2/h4-10H,11H2,1-3H3. The Morgan fingerprint density at radius 3 is 2.72 bits per heavy atom. The first-order valence-corrected chi connectivity index (χ1v) is 7.78. The molecule has 128 valence electrons. The highest BCUT2D eigenvalue weighted by Gasteiger charge is 2.10. The SMILES string of the molecule is COC(=O)c1ccc(C)c(OCc2cc(=O)n3ccc(C)cc3n2)c1. The number of pyridine rings is 1. The fourth-order valence-electron chi connectivity index (χ4n) is 2.48. The number of rotatable bonds is 4. The van der Waals surface area contributed by atoms with Gasteiger partial charge in [0.15, 0.2) is 0 Å². The summed E-state index contributed by atoms with van der Waals surface area (Å²) >= 11 is 0. The largest absolute Gasteiger partial charge is 0.487 e. The summed E-state index contributed by atoms with van der Waals surface area (Å²) in [5, 5.41) is 0. The molecule has 25 heavy (non-hydrogen) atoms. The van der Waals surface area contributed by atoms with E-state index >= 15 is 0 Å². The number of esters is 1. The number of aryl methyl sites for hydroxylation is 2. The van der Waals surface area contributed by atoms with E-state index in [1.165, 1.54) is 17.6 Å². The molecule has 1 aromatic carbocycles. The van der Waals surface area contributed by atoms with Gasteiger partial charge in [-0.25, -0.2) is 9.78 Å². The highest BCUT2D eigenvalue weighted by Crippen LogP contribution is 2.21. The number of ether oxygens (including phenoxy) is 2. The molecule has 0 saturated carbocycles. The Morgan fingerprint density at radius 2 is 1.96 bits per heavy atom. The highest BCUT2D eigenvalue weighted by atomic mass is 16.5. The maximum absolute atomic E-state index is 12.2. The molecule has 0 spiro atoms. The fourth-order valence-corrected chi connectivity index (χ4v) is 2.48.